The monoisotopic (exact) mass is 281 g/mol. The number of carbonyl (C=O) groups is 2. The van der Waals surface area contributed by atoms with Gasteiger partial charge in [0.05, 0.1) is 6.10 Å². The highest BCUT2D eigenvalue weighted by Crippen LogP contribution is 2.15. The lowest BCUT2D eigenvalue weighted by molar-refractivity contribution is -0.139. The zero-order valence-corrected chi connectivity index (χ0v) is 11.6. The van der Waals surface area contributed by atoms with Crippen LogP contribution >= 0.6 is 0 Å². The number of carboxylic acid groups (broad SMARTS) is 1. The van der Waals surface area contributed by atoms with Crippen LogP contribution in [0.4, 0.5) is 5.69 Å². The largest absolute Gasteiger partial charge is 0.482 e. The normalized spacial score (nSPS) is 11.7. The maximum atomic E-state index is 11.6. The van der Waals surface area contributed by atoms with Crippen LogP contribution in [0.15, 0.2) is 24.3 Å². The molecule has 0 fully saturated rings. The van der Waals surface area contributed by atoms with E-state index in [0.717, 1.165) is 6.42 Å². The maximum absolute atomic E-state index is 11.6. The first-order valence-corrected chi connectivity index (χ1v) is 6.37. The molecule has 1 atom stereocenters. The molecule has 6 nitrogen and oxygen atoms in total. The molecule has 20 heavy (non-hydrogen) atoms. The minimum absolute atomic E-state index is 0.00622. The van der Waals surface area contributed by atoms with Gasteiger partial charge in [0.2, 0.25) is 5.91 Å². The zero-order chi connectivity index (χ0) is 15.0. The van der Waals surface area contributed by atoms with Gasteiger partial charge in [-0.3, -0.25) is 4.79 Å². The number of aliphatic carboxylic acids is 1. The van der Waals surface area contributed by atoms with E-state index in [1.165, 1.54) is 0 Å². The highest BCUT2D eigenvalue weighted by atomic mass is 16.5. The topological polar surface area (TPSA) is 84.9 Å². The van der Waals surface area contributed by atoms with Gasteiger partial charge >= 0.3 is 5.97 Å². The van der Waals surface area contributed by atoms with Gasteiger partial charge < -0.3 is 19.9 Å². The van der Waals surface area contributed by atoms with E-state index in [0.29, 0.717) is 11.4 Å². The summed E-state index contributed by atoms with van der Waals surface area (Å²) >= 11 is 0. The summed E-state index contributed by atoms with van der Waals surface area (Å²) in [5.74, 6) is -0.838. The van der Waals surface area contributed by atoms with Gasteiger partial charge in [-0.15, -0.1) is 0 Å². The van der Waals surface area contributed by atoms with Crippen LogP contribution in [0.1, 0.15) is 20.3 Å². The highest BCUT2D eigenvalue weighted by Gasteiger charge is 2.06. The van der Waals surface area contributed by atoms with Crippen LogP contribution in [-0.2, 0) is 14.3 Å². The lowest BCUT2D eigenvalue weighted by Gasteiger charge is -2.11. The van der Waals surface area contributed by atoms with Crippen molar-refractivity contribution >= 4 is 17.6 Å². The Labute approximate surface area is 117 Å². The maximum Gasteiger partial charge on any atom is 0.341 e. The first kappa shape index (κ1) is 16.0. The number of nitrogens with one attached hydrogen (secondary N) is 1. The Balaban J connectivity index is 2.40. The molecule has 1 rings (SSSR count). The van der Waals surface area contributed by atoms with Crippen LogP contribution in [0.25, 0.3) is 0 Å². The van der Waals surface area contributed by atoms with E-state index in [9.17, 15) is 9.59 Å². The van der Waals surface area contributed by atoms with Crippen molar-refractivity contribution in [3.63, 3.8) is 0 Å². The average molecular weight is 281 g/mol. The third-order valence-electron chi connectivity index (χ3n) is 2.57. The first-order valence-electron chi connectivity index (χ1n) is 6.37. The van der Waals surface area contributed by atoms with E-state index < -0.39 is 12.6 Å². The van der Waals surface area contributed by atoms with Crippen LogP contribution in [0.3, 0.4) is 0 Å². The molecule has 0 spiro atoms. The van der Waals surface area contributed by atoms with Crippen LogP contribution in [0.5, 0.6) is 5.75 Å². The third kappa shape index (κ3) is 6.19. The quantitative estimate of drug-likeness (QED) is 0.760. The van der Waals surface area contributed by atoms with Crippen LogP contribution in [-0.4, -0.2) is 36.3 Å². The number of hydrogen-bond donors (Lipinski definition) is 2. The number of rotatable bonds is 8. The Bertz CT molecular complexity index is 443. The van der Waals surface area contributed by atoms with E-state index in [1.807, 2.05) is 13.8 Å². The summed E-state index contributed by atoms with van der Waals surface area (Å²) in [7, 11) is 0. The number of anilines is 1. The van der Waals surface area contributed by atoms with Crippen LogP contribution in [0, 0.1) is 0 Å². The third-order valence-corrected chi connectivity index (χ3v) is 2.57. The second kappa shape index (κ2) is 8.16. The molecule has 0 saturated heterocycles. The lowest BCUT2D eigenvalue weighted by atomic mass is 10.3. The van der Waals surface area contributed by atoms with Gasteiger partial charge in [-0.25, -0.2) is 4.79 Å². The summed E-state index contributed by atoms with van der Waals surface area (Å²) in [6.45, 7) is 3.50. The first-order chi connectivity index (χ1) is 9.51. The fourth-order valence-electron chi connectivity index (χ4n) is 1.31. The molecular formula is C14H19NO5. The van der Waals surface area contributed by atoms with E-state index in [1.54, 1.807) is 24.3 Å². The molecule has 0 aliphatic carbocycles. The molecule has 0 aliphatic heterocycles. The molecule has 0 aromatic heterocycles. The molecule has 0 heterocycles. The van der Waals surface area contributed by atoms with Crippen molar-refractivity contribution in [1.82, 2.24) is 0 Å². The van der Waals surface area contributed by atoms with Gasteiger partial charge in [0.1, 0.15) is 12.4 Å². The molecule has 1 aromatic carbocycles. The molecule has 0 saturated carbocycles. The van der Waals surface area contributed by atoms with E-state index in [4.69, 9.17) is 14.6 Å². The molecule has 1 unspecified atom stereocenters. The molecule has 110 valence electrons. The molecule has 1 aromatic rings. The second-order valence-corrected chi connectivity index (χ2v) is 4.28. The minimum Gasteiger partial charge on any atom is -0.482 e. The molecule has 6 heteroatoms. The Morgan fingerprint density at radius 3 is 2.45 bits per heavy atom. The van der Waals surface area contributed by atoms with E-state index >= 15 is 0 Å². The molecule has 1 amide bonds. The Morgan fingerprint density at radius 1 is 1.25 bits per heavy atom. The highest BCUT2D eigenvalue weighted by molar-refractivity contribution is 5.91. The van der Waals surface area contributed by atoms with Crippen molar-refractivity contribution in [2.24, 2.45) is 0 Å². The smallest absolute Gasteiger partial charge is 0.341 e. The van der Waals surface area contributed by atoms with Crippen LogP contribution < -0.4 is 10.1 Å². The lowest BCUT2D eigenvalue weighted by Crippen LogP contribution is -2.21. The number of amides is 1. The Kier molecular flexibility index (Phi) is 6.52. The fraction of sp³-hybridized carbons (Fsp3) is 0.429. The van der Waals surface area contributed by atoms with Gasteiger partial charge in [-0.2, -0.15) is 0 Å². The number of benzene rings is 1. The standard InChI is InChI=1S/C14H19NO5/c1-3-10(2)19-8-13(16)15-11-4-6-12(7-5-11)20-9-14(17)18/h4-7,10H,3,8-9H2,1-2H3,(H,15,16)(H,17,18). The minimum atomic E-state index is -1.04. The fourth-order valence-corrected chi connectivity index (χ4v) is 1.31. The van der Waals surface area contributed by atoms with Crippen molar-refractivity contribution in [1.29, 1.82) is 0 Å². The van der Waals surface area contributed by atoms with Crippen molar-refractivity contribution in [3.05, 3.63) is 24.3 Å². The zero-order valence-electron chi connectivity index (χ0n) is 11.6. The molecule has 0 radical (unpaired) electrons. The van der Waals surface area contributed by atoms with Gasteiger partial charge in [0.15, 0.2) is 6.61 Å². The van der Waals surface area contributed by atoms with E-state index in [-0.39, 0.29) is 18.6 Å². The summed E-state index contributed by atoms with van der Waals surface area (Å²) in [4.78, 5) is 21.9. The SMILES string of the molecule is CCC(C)OCC(=O)Nc1ccc(OCC(=O)O)cc1. The predicted molar refractivity (Wildman–Crippen MR) is 73.9 cm³/mol. The molecule has 0 bridgehead atoms. The number of carbonyl (C=O) groups excluding carboxylic acids is 1. The van der Waals surface area contributed by atoms with E-state index in [2.05, 4.69) is 5.32 Å². The Hall–Kier alpha value is -2.08. The predicted octanol–water partition coefficient (Wildman–Crippen LogP) is 1.90. The Morgan fingerprint density at radius 2 is 1.90 bits per heavy atom. The van der Waals surface area contributed by atoms with Crippen molar-refractivity contribution in [3.8, 4) is 5.75 Å². The number of hydrogen-bond acceptors (Lipinski definition) is 4. The summed E-state index contributed by atoms with van der Waals surface area (Å²) in [5, 5.41) is 11.2. The van der Waals surface area contributed by atoms with Gasteiger partial charge in [0, 0.05) is 5.69 Å². The van der Waals surface area contributed by atoms with Crippen LogP contribution in [0.2, 0.25) is 0 Å². The summed E-state index contributed by atoms with van der Waals surface area (Å²) < 4.78 is 10.3. The van der Waals surface area contributed by atoms with Crippen molar-refractivity contribution in [2.75, 3.05) is 18.5 Å². The number of carboxylic acids is 1. The van der Waals surface area contributed by atoms with Gasteiger partial charge in [0.25, 0.3) is 0 Å². The second-order valence-electron chi connectivity index (χ2n) is 4.28. The van der Waals surface area contributed by atoms with Crippen molar-refractivity contribution < 1.29 is 24.2 Å². The molecular weight excluding hydrogens is 262 g/mol. The van der Waals surface area contributed by atoms with Crippen molar-refractivity contribution in [2.45, 2.75) is 26.4 Å². The van der Waals surface area contributed by atoms with Gasteiger partial charge in [-0.1, -0.05) is 6.92 Å². The summed E-state index contributed by atoms with van der Waals surface area (Å²) in [6, 6.07) is 6.46. The average Bonchev–Trinajstić information content (AvgIpc) is 2.44. The summed E-state index contributed by atoms with van der Waals surface area (Å²) in [6.07, 6.45) is 0.899. The molecule has 2 N–H and O–H groups in total. The summed E-state index contributed by atoms with van der Waals surface area (Å²) in [5.41, 5.74) is 0.602. The number of ether oxygens (including phenoxy) is 2. The van der Waals surface area contributed by atoms with Gasteiger partial charge in [-0.05, 0) is 37.6 Å². The molecule has 0 aliphatic rings.